The molecule has 2 unspecified atom stereocenters. The van der Waals surface area contributed by atoms with Gasteiger partial charge in [-0.25, -0.2) is 0 Å². The Morgan fingerprint density at radius 3 is 1.83 bits per heavy atom. The van der Waals surface area contributed by atoms with Gasteiger partial charge in [-0.1, -0.05) is 0 Å². The molecule has 2 atom stereocenters. The summed E-state index contributed by atoms with van der Waals surface area (Å²) in [6, 6.07) is 40.4. The summed E-state index contributed by atoms with van der Waals surface area (Å²) in [7, 11) is 0. The normalized spacial score (nSPS) is 18.5. The molecule has 4 aromatic carbocycles. The third-order valence-corrected chi connectivity index (χ3v) is 16.5. The zero-order valence-electron chi connectivity index (χ0n) is 19.5. The van der Waals surface area contributed by atoms with Crippen molar-refractivity contribution in [2.24, 2.45) is 0 Å². The monoisotopic (exact) mass is 570 g/mol. The van der Waals surface area contributed by atoms with Crippen molar-refractivity contribution >= 4 is 15.4 Å². The van der Waals surface area contributed by atoms with Crippen LogP contribution in [-0.4, -0.2) is 3.21 Å². The summed E-state index contributed by atoms with van der Waals surface area (Å²) in [5.74, 6) is 0. The van der Waals surface area contributed by atoms with Crippen molar-refractivity contribution in [3.8, 4) is 0 Å². The summed E-state index contributed by atoms with van der Waals surface area (Å²) in [6.07, 6.45) is 9.79. The van der Waals surface area contributed by atoms with Gasteiger partial charge >= 0.3 is 205 Å². The Bertz CT molecular complexity index is 1380. The van der Waals surface area contributed by atoms with Gasteiger partial charge in [0.05, 0.1) is 0 Å². The van der Waals surface area contributed by atoms with Gasteiger partial charge in [0.15, 0.2) is 0 Å². The van der Waals surface area contributed by atoms with Gasteiger partial charge < -0.3 is 24.8 Å². The standard InChI is InChI=1S/C13H10.C10H9.C9H7.2ClH.Zr/c1-3-7-12(8-4-1)11-13-9-5-2-6-10-13;1-8-6-7-9-4-2-3-5-10(8)9;1-2-5-9-7-3-6-8(9)4-1;;;/h1-10H;2-7H,1H3;1-7H;2*1H;/q;;;;;+2/p-2. The first kappa shape index (κ1) is 25.8. The van der Waals surface area contributed by atoms with Gasteiger partial charge in [0, 0.05) is 0 Å². The summed E-state index contributed by atoms with van der Waals surface area (Å²) in [5.41, 5.74) is 8.55. The van der Waals surface area contributed by atoms with Gasteiger partial charge in [0.1, 0.15) is 0 Å². The van der Waals surface area contributed by atoms with Crippen molar-refractivity contribution in [2.75, 3.05) is 0 Å². The number of fused-ring (bicyclic) bond motifs is 2. The number of benzene rings is 4. The molecular weight excluding hydrogens is 546 g/mol. The molecule has 0 heterocycles. The Labute approximate surface area is 228 Å². The molecule has 3 heteroatoms. The summed E-state index contributed by atoms with van der Waals surface area (Å²) < 4.78 is 2.15. The fourth-order valence-corrected chi connectivity index (χ4v) is 15.6. The quantitative estimate of drug-likeness (QED) is 0.349. The van der Waals surface area contributed by atoms with E-state index >= 15 is 0 Å². The molecule has 0 saturated heterocycles. The van der Waals surface area contributed by atoms with E-state index < -0.39 is 21.3 Å². The molecule has 172 valence electrons. The van der Waals surface area contributed by atoms with Crippen molar-refractivity contribution in [3.05, 3.63) is 155 Å². The molecule has 0 fully saturated rings. The van der Waals surface area contributed by atoms with Crippen LogP contribution in [0.2, 0.25) is 0 Å². The Hall–Kier alpha value is -2.31. The minimum atomic E-state index is -2.58. The maximum atomic E-state index is 2.53. The van der Waals surface area contributed by atoms with Gasteiger partial charge in [-0.2, -0.15) is 0 Å². The van der Waals surface area contributed by atoms with Crippen LogP contribution in [0.4, 0.5) is 0 Å². The van der Waals surface area contributed by atoms with Crippen molar-refractivity contribution in [3.63, 3.8) is 0 Å². The van der Waals surface area contributed by atoms with E-state index in [4.69, 9.17) is 0 Å². The van der Waals surface area contributed by atoms with E-state index in [9.17, 15) is 0 Å². The second kappa shape index (κ2) is 10.8. The summed E-state index contributed by atoms with van der Waals surface area (Å²) >= 11 is -2.58. The van der Waals surface area contributed by atoms with Crippen LogP contribution in [0.5, 0.6) is 0 Å². The zero-order chi connectivity index (χ0) is 22.3. The molecule has 2 aliphatic rings. The van der Waals surface area contributed by atoms with Gasteiger partial charge in [-0.05, 0) is 0 Å². The molecule has 6 rings (SSSR count). The molecule has 0 aliphatic heterocycles. The summed E-state index contributed by atoms with van der Waals surface area (Å²) in [5, 5.41) is 0. The second-order valence-corrected chi connectivity index (χ2v) is 16.5. The summed E-state index contributed by atoms with van der Waals surface area (Å²) in [6.45, 7) is 2.52. The van der Waals surface area contributed by atoms with Gasteiger partial charge in [-0.15, -0.1) is 0 Å². The smallest absolute Gasteiger partial charge is 1.00 e. The van der Waals surface area contributed by atoms with Crippen LogP contribution in [0.25, 0.3) is 12.2 Å². The van der Waals surface area contributed by atoms with Crippen LogP contribution in [0.1, 0.15) is 43.9 Å². The Morgan fingerprint density at radius 1 is 0.629 bits per heavy atom. The topological polar surface area (TPSA) is 0 Å². The Morgan fingerprint density at radius 2 is 1.17 bits per heavy atom. The van der Waals surface area contributed by atoms with Crippen LogP contribution >= 0.6 is 0 Å². The average Bonchev–Trinajstić information content (AvgIpc) is 3.45. The molecule has 0 aromatic heterocycles. The number of halogens is 2. The summed E-state index contributed by atoms with van der Waals surface area (Å²) in [4.78, 5) is 0. The first-order valence-electron chi connectivity index (χ1n) is 11.7. The van der Waals surface area contributed by atoms with Crippen LogP contribution in [-0.2, 0) is 24.4 Å². The van der Waals surface area contributed by atoms with Gasteiger partial charge in [0.2, 0.25) is 0 Å². The van der Waals surface area contributed by atoms with Crippen LogP contribution < -0.4 is 24.8 Å². The Kier molecular flexibility index (Phi) is 7.92. The minimum absolute atomic E-state index is 0. The largest absolute Gasteiger partial charge is 1.00 e. The van der Waals surface area contributed by atoms with E-state index in [1.54, 1.807) is 3.21 Å². The maximum absolute atomic E-state index is 2.58. The molecule has 0 amide bonds. The molecule has 0 radical (unpaired) electrons. The van der Waals surface area contributed by atoms with E-state index in [1.165, 1.54) is 33.4 Å². The average molecular weight is 573 g/mol. The van der Waals surface area contributed by atoms with Gasteiger partial charge in [0.25, 0.3) is 0 Å². The molecule has 0 saturated carbocycles. The van der Waals surface area contributed by atoms with Crippen molar-refractivity contribution in [2.45, 2.75) is 13.7 Å². The zero-order valence-corrected chi connectivity index (χ0v) is 23.5. The Balaban J connectivity index is 0.00000144. The van der Waals surface area contributed by atoms with E-state index in [2.05, 4.69) is 140 Å². The minimum Gasteiger partial charge on any atom is -1.00 e. The predicted molar refractivity (Wildman–Crippen MR) is 137 cm³/mol. The van der Waals surface area contributed by atoms with E-state index in [0.717, 1.165) is 0 Å². The van der Waals surface area contributed by atoms with E-state index in [0.29, 0.717) is 3.63 Å². The first-order valence-corrected chi connectivity index (χ1v) is 15.5. The van der Waals surface area contributed by atoms with Crippen molar-refractivity contribution < 1.29 is 46.1 Å². The molecule has 0 N–H and O–H groups in total. The van der Waals surface area contributed by atoms with Crippen molar-refractivity contribution in [1.82, 2.24) is 0 Å². The van der Waals surface area contributed by atoms with Crippen LogP contribution in [0, 0.1) is 0 Å². The maximum Gasteiger partial charge on any atom is -1.00 e. The van der Waals surface area contributed by atoms with E-state index in [-0.39, 0.29) is 27.9 Å². The van der Waals surface area contributed by atoms with Gasteiger partial charge in [-0.3, -0.25) is 0 Å². The first-order chi connectivity index (χ1) is 16.3. The fourth-order valence-electron chi connectivity index (χ4n) is 5.62. The molecule has 2 aliphatic carbocycles. The SMILES string of the molecule is C[C]1([Zr+2](=[C](c2ccccc2)c2ccccc2)[CH]2C=Cc3ccccc32)C=Cc2ccccc21.[Cl-].[Cl-]. The second-order valence-electron chi connectivity index (χ2n) is 9.11. The van der Waals surface area contributed by atoms with Crippen molar-refractivity contribution in [1.29, 1.82) is 0 Å². The third kappa shape index (κ3) is 4.51. The number of allylic oxidation sites excluding steroid dienone is 2. The predicted octanol–water partition coefficient (Wildman–Crippen LogP) is 1.59. The number of hydrogen-bond acceptors (Lipinski definition) is 0. The molecule has 0 spiro atoms. The molecule has 4 aromatic rings. The van der Waals surface area contributed by atoms with E-state index in [1.807, 2.05) is 0 Å². The number of rotatable bonds is 4. The molecule has 35 heavy (non-hydrogen) atoms. The molecule has 0 bridgehead atoms. The molecule has 0 nitrogen and oxygen atoms in total. The van der Waals surface area contributed by atoms with Crippen LogP contribution in [0.15, 0.2) is 121 Å². The van der Waals surface area contributed by atoms with Crippen LogP contribution in [0.3, 0.4) is 0 Å². The number of hydrogen-bond donors (Lipinski definition) is 0. The molecular formula is C32H26Cl2Zr. The third-order valence-electron chi connectivity index (χ3n) is 7.18. The fraction of sp³-hybridized carbons (Fsp3) is 0.0938.